The van der Waals surface area contributed by atoms with Gasteiger partial charge in [0, 0.05) is 44.7 Å². The van der Waals surface area contributed by atoms with Crippen molar-refractivity contribution in [2.24, 2.45) is 17.6 Å². The van der Waals surface area contributed by atoms with E-state index in [1.165, 1.54) is 0 Å². The number of benzene rings is 1. The molecule has 2 aliphatic heterocycles. The second-order valence-corrected chi connectivity index (χ2v) is 11.1. The van der Waals surface area contributed by atoms with Crippen LogP contribution >= 0.6 is 0 Å². The van der Waals surface area contributed by atoms with Crippen LogP contribution < -0.4 is 10.6 Å². The number of hydrogen-bond acceptors (Lipinski definition) is 7. The molecule has 10 nitrogen and oxygen atoms in total. The van der Waals surface area contributed by atoms with Crippen LogP contribution in [0.4, 0.5) is 5.69 Å². The summed E-state index contributed by atoms with van der Waals surface area (Å²) in [7, 11) is 0. The van der Waals surface area contributed by atoms with Crippen molar-refractivity contribution in [3.05, 3.63) is 29.8 Å². The summed E-state index contributed by atoms with van der Waals surface area (Å²) >= 11 is 0. The smallest absolute Gasteiger partial charge is 0.353 e. The summed E-state index contributed by atoms with van der Waals surface area (Å²) in [5.74, 6) is -2.03. The zero-order valence-corrected chi connectivity index (χ0v) is 22.5. The van der Waals surface area contributed by atoms with E-state index in [1.54, 1.807) is 12.1 Å². The molecular weight excluding hydrogens is 486 g/mol. The summed E-state index contributed by atoms with van der Waals surface area (Å²) in [4.78, 5) is 57.0. The van der Waals surface area contributed by atoms with E-state index in [-0.39, 0.29) is 25.4 Å². The van der Waals surface area contributed by atoms with Gasteiger partial charge in [-0.05, 0) is 43.1 Å². The first-order chi connectivity index (χ1) is 18.3. The highest BCUT2D eigenvalue weighted by Crippen LogP contribution is 2.37. The Morgan fingerprint density at radius 2 is 1.74 bits per heavy atom. The molecule has 208 valence electrons. The molecule has 1 aromatic carbocycles. The lowest BCUT2D eigenvalue weighted by atomic mass is 9.90. The molecule has 0 spiro atoms. The lowest BCUT2D eigenvalue weighted by Gasteiger charge is -2.37. The predicted octanol–water partition coefficient (Wildman–Crippen LogP) is 2.00. The minimum absolute atomic E-state index is 0.180. The van der Waals surface area contributed by atoms with Gasteiger partial charge < -0.3 is 15.5 Å². The normalized spacial score (nSPS) is 25.3. The van der Waals surface area contributed by atoms with Crippen molar-refractivity contribution in [1.29, 1.82) is 0 Å². The molecule has 3 fully saturated rings. The van der Waals surface area contributed by atoms with E-state index in [0.717, 1.165) is 64.1 Å². The molecule has 38 heavy (non-hydrogen) atoms. The minimum atomic E-state index is -0.966. The number of hydrogen-bond donors (Lipinski definition) is 2. The number of likely N-dealkylation sites (tertiary alicyclic amines) is 1. The molecule has 1 aromatic rings. The van der Waals surface area contributed by atoms with Gasteiger partial charge in [0.2, 0.25) is 6.41 Å². The molecule has 0 radical (unpaired) electrons. The Morgan fingerprint density at radius 3 is 2.32 bits per heavy atom. The van der Waals surface area contributed by atoms with Gasteiger partial charge in [-0.3, -0.25) is 14.8 Å². The highest BCUT2D eigenvalue weighted by molar-refractivity contribution is 5.99. The van der Waals surface area contributed by atoms with Crippen molar-refractivity contribution >= 4 is 29.8 Å². The number of nitrogens with two attached hydrogens (primary N) is 1. The Kier molecular flexibility index (Phi) is 9.17. The fraction of sp³-hybridized carbons (Fsp3) is 0.643. The minimum Gasteiger partial charge on any atom is -0.369 e. The average molecular weight is 529 g/mol. The largest absolute Gasteiger partial charge is 0.369 e. The van der Waals surface area contributed by atoms with Crippen molar-refractivity contribution < 1.29 is 28.9 Å². The van der Waals surface area contributed by atoms with Gasteiger partial charge in [0.05, 0.1) is 24.6 Å². The highest BCUT2D eigenvalue weighted by Gasteiger charge is 2.58. The first-order valence-corrected chi connectivity index (χ1v) is 14.0. The maximum atomic E-state index is 14.3. The summed E-state index contributed by atoms with van der Waals surface area (Å²) in [6, 6.07) is 6.32. The number of likely N-dealkylation sites (N-methyl/N-ethyl adjacent to an activating group) is 1. The number of piperazine rings is 1. The number of rotatable bonds is 10. The van der Waals surface area contributed by atoms with Crippen LogP contribution in [0.1, 0.15) is 62.2 Å². The second kappa shape index (κ2) is 12.4. The molecule has 10 heteroatoms. The van der Waals surface area contributed by atoms with Gasteiger partial charge in [0.1, 0.15) is 0 Å². The lowest BCUT2D eigenvalue weighted by Crippen LogP contribution is -2.65. The summed E-state index contributed by atoms with van der Waals surface area (Å²) in [6.45, 7) is 6.93. The van der Waals surface area contributed by atoms with E-state index in [4.69, 9.17) is 5.73 Å². The van der Waals surface area contributed by atoms with Crippen molar-refractivity contribution in [2.45, 2.75) is 57.9 Å². The van der Waals surface area contributed by atoms with E-state index in [0.29, 0.717) is 29.9 Å². The standard InChI is InChI=1S/C28H41N5O5/c1-2-30-13-15-31(16-14-30)24-11-9-22(10-12-24)27(36)33(17-5-8-25(33)26(29)35)28(37)23(19-32(38)20-34)18-21-6-3-4-7-21/h9-12,20-21,23,25,38H,2-8,13-19H2,1H3,(H-,29,35)/p+1/t23-,25+,33?/m1/s1. The van der Waals surface area contributed by atoms with E-state index >= 15 is 0 Å². The third-order valence-corrected chi connectivity index (χ3v) is 8.87. The number of nitrogens with zero attached hydrogens (tertiary/aromatic N) is 4. The average Bonchev–Trinajstić information content (AvgIpc) is 3.63. The second-order valence-electron chi connectivity index (χ2n) is 11.1. The Bertz CT molecular complexity index is 1000. The lowest BCUT2D eigenvalue weighted by molar-refractivity contribution is -0.777. The fourth-order valence-electron chi connectivity index (χ4n) is 6.74. The topological polar surface area (TPSA) is 124 Å². The maximum absolute atomic E-state index is 14.3. The molecule has 3 aliphatic rings. The number of carbonyl (C=O) groups is 4. The molecule has 3 N–H and O–H groups in total. The van der Waals surface area contributed by atoms with Gasteiger partial charge in [-0.15, -0.1) is 0 Å². The summed E-state index contributed by atoms with van der Waals surface area (Å²) < 4.78 is -0.673. The zero-order valence-electron chi connectivity index (χ0n) is 22.5. The summed E-state index contributed by atoms with van der Waals surface area (Å²) in [5, 5.41) is 10.5. The Morgan fingerprint density at radius 1 is 1.08 bits per heavy atom. The van der Waals surface area contributed by atoms with Crippen LogP contribution in [0, 0.1) is 11.8 Å². The Labute approximate surface area is 224 Å². The van der Waals surface area contributed by atoms with E-state index in [1.807, 2.05) is 12.1 Å². The fourth-order valence-corrected chi connectivity index (χ4v) is 6.74. The van der Waals surface area contributed by atoms with Crippen LogP contribution in [0.3, 0.4) is 0 Å². The number of quaternary nitrogens is 1. The van der Waals surface area contributed by atoms with Crippen molar-refractivity contribution in [3.63, 3.8) is 0 Å². The van der Waals surface area contributed by atoms with Crippen LogP contribution in [0.5, 0.6) is 0 Å². The van der Waals surface area contributed by atoms with Crippen LogP contribution in [0.15, 0.2) is 24.3 Å². The first kappa shape index (κ1) is 28.2. The molecule has 1 unspecified atom stereocenters. The van der Waals surface area contributed by atoms with Gasteiger partial charge in [-0.2, -0.15) is 4.48 Å². The van der Waals surface area contributed by atoms with Crippen LogP contribution in [-0.4, -0.2) is 95.6 Å². The molecule has 4 rings (SSSR count). The van der Waals surface area contributed by atoms with Gasteiger partial charge in [0.15, 0.2) is 6.04 Å². The van der Waals surface area contributed by atoms with E-state index in [2.05, 4.69) is 16.7 Å². The van der Waals surface area contributed by atoms with E-state index in [9.17, 15) is 24.4 Å². The molecule has 2 heterocycles. The van der Waals surface area contributed by atoms with E-state index < -0.39 is 34.2 Å². The predicted molar refractivity (Wildman–Crippen MR) is 142 cm³/mol. The molecule has 3 atom stereocenters. The number of anilines is 1. The number of amides is 4. The first-order valence-electron chi connectivity index (χ1n) is 14.0. The third-order valence-electron chi connectivity index (χ3n) is 8.87. The number of hydroxylamine groups is 2. The molecule has 1 aliphatic carbocycles. The monoisotopic (exact) mass is 528 g/mol. The van der Waals surface area contributed by atoms with Crippen molar-refractivity contribution in [3.8, 4) is 0 Å². The van der Waals surface area contributed by atoms with Gasteiger partial charge in [-0.1, -0.05) is 32.6 Å². The molecule has 0 bridgehead atoms. The number of primary amides is 1. The zero-order chi connectivity index (χ0) is 27.3. The number of carbonyl (C=O) groups excluding carboxylic acids is 4. The number of imide groups is 1. The van der Waals surface area contributed by atoms with Gasteiger partial charge >= 0.3 is 11.8 Å². The molecule has 0 aromatic heterocycles. The Balaban J connectivity index is 1.62. The van der Waals surface area contributed by atoms with Crippen molar-refractivity contribution in [2.75, 3.05) is 50.7 Å². The molecule has 2 saturated heterocycles. The summed E-state index contributed by atoms with van der Waals surface area (Å²) in [5.41, 5.74) is 7.15. The van der Waals surface area contributed by atoms with Crippen LogP contribution in [0.25, 0.3) is 0 Å². The van der Waals surface area contributed by atoms with Crippen LogP contribution in [-0.2, 0) is 14.4 Å². The van der Waals surface area contributed by atoms with Gasteiger partial charge in [0.25, 0.3) is 5.91 Å². The maximum Gasteiger partial charge on any atom is 0.353 e. The van der Waals surface area contributed by atoms with Crippen LogP contribution in [0.2, 0.25) is 0 Å². The Hall–Kier alpha value is -2.82. The highest BCUT2D eigenvalue weighted by atomic mass is 16.5. The molecular formula is C28H42N5O5+. The SMILES string of the molecule is CCN1CCN(c2ccc(C(=O)[N+]3(C(=O)[C@H](CC4CCCC4)CN(O)C=O)CCC[C@H]3C(N)=O)cc2)CC1. The van der Waals surface area contributed by atoms with Crippen molar-refractivity contribution in [1.82, 2.24) is 9.96 Å². The third kappa shape index (κ3) is 5.77. The molecule has 4 amide bonds. The molecule has 1 saturated carbocycles. The quantitative estimate of drug-likeness (QED) is 0.206. The summed E-state index contributed by atoms with van der Waals surface area (Å²) in [6.07, 6.45) is 5.68. The van der Waals surface area contributed by atoms with Gasteiger partial charge in [-0.25, -0.2) is 14.7 Å².